The highest BCUT2D eigenvalue weighted by Gasteiger charge is 2.40. The van der Waals surface area contributed by atoms with E-state index in [1.165, 1.54) is 10.5 Å². The molecule has 1 fully saturated rings. The molecule has 2 unspecified atom stereocenters. The highest BCUT2D eigenvalue weighted by Crippen LogP contribution is 2.39. The van der Waals surface area contributed by atoms with Crippen LogP contribution in [0.3, 0.4) is 0 Å². The fraction of sp³-hybridized carbons (Fsp3) is 0.533. The third-order valence-corrected chi connectivity index (χ3v) is 5.27. The van der Waals surface area contributed by atoms with Crippen LogP contribution in [0.25, 0.3) is 0 Å². The molecule has 0 aliphatic carbocycles. The summed E-state index contributed by atoms with van der Waals surface area (Å²) in [6.45, 7) is 1.76. The van der Waals surface area contributed by atoms with Crippen LogP contribution < -0.4 is 4.90 Å². The van der Waals surface area contributed by atoms with Crippen LogP contribution in [0, 0.1) is 0 Å². The predicted octanol–water partition coefficient (Wildman–Crippen LogP) is 3.23. The van der Waals surface area contributed by atoms with Crippen LogP contribution in [-0.4, -0.2) is 55.0 Å². The summed E-state index contributed by atoms with van der Waals surface area (Å²) in [4.78, 5) is 15.0. The molecule has 2 aliphatic rings. The molecule has 1 N–H and O–H groups in total. The summed E-state index contributed by atoms with van der Waals surface area (Å²) in [6, 6.07) is 3.92. The van der Waals surface area contributed by atoms with Crippen molar-refractivity contribution in [3.8, 4) is 0 Å². The second kappa shape index (κ2) is 6.26. The topological polar surface area (TPSA) is 53.0 Å². The Morgan fingerprint density at radius 3 is 2.91 bits per heavy atom. The number of carboxylic acid groups (broad SMARTS) is 1. The van der Waals surface area contributed by atoms with E-state index in [1.54, 1.807) is 7.11 Å². The largest absolute Gasteiger partial charge is 0.465 e. The minimum absolute atomic E-state index is 0.0256. The fourth-order valence-electron chi connectivity index (χ4n) is 3.46. The number of halogens is 2. The maximum Gasteiger partial charge on any atom is 0.407 e. The zero-order valence-corrected chi connectivity index (χ0v) is 14.6. The summed E-state index contributed by atoms with van der Waals surface area (Å²) >= 11 is 9.76. The van der Waals surface area contributed by atoms with Crippen molar-refractivity contribution in [1.29, 1.82) is 0 Å². The summed E-state index contributed by atoms with van der Waals surface area (Å²) < 4.78 is 6.50. The van der Waals surface area contributed by atoms with Crippen LogP contribution in [0.2, 0.25) is 5.02 Å². The molecule has 0 spiro atoms. The maximum absolute atomic E-state index is 11.3. The zero-order chi connectivity index (χ0) is 15.9. The molecule has 2 heterocycles. The standard InChI is InChI=1S/C15H18BrClN2O3/c1-22-13-8-18(15(20)21)7-12(13)19-4-2-3-9-5-10(17)6-11(16)14(9)19/h5-6,12-13H,2-4,7-8H2,1H3,(H,20,21). The molecule has 1 aromatic rings. The quantitative estimate of drug-likeness (QED) is 0.844. The van der Waals surface area contributed by atoms with E-state index >= 15 is 0 Å². The van der Waals surface area contributed by atoms with Gasteiger partial charge in [0.05, 0.1) is 24.4 Å². The van der Waals surface area contributed by atoms with Gasteiger partial charge in [0.25, 0.3) is 0 Å². The molecular formula is C15H18BrClN2O3. The van der Waals surface area contributed by atoms with Crippen molar-refractivity contribution < 1.29 is 14.6 Å². The lowest BCUT2D eigenvalue weighted by Gasteiger charge is -2.38. The van der Waals surface area contributed by atoms with Crippen molar-refractivity contribution in [3.63, 3.8) is 0 Å². The first-order valence-electron chi connectivity index (χ1n) is 7.26. The van der Waals surface area contributed by atoms with Crippen molar-refractivity contribution in [1.82, 2.24) is 4.90 Å². The Kier molecular flexibility index (Phi) is 4.52. The van der Waals surface area contributed by atoms with E-state index in [1.807, 2.05) is 12.1 Å². The molecule has 0 aromatic heterocycles. The number of hydrogen-bond donors (Lipinski definition) is 1. The fourth-order valence-corrected chi connectivity index (χ4v) is 4.56. The lowest BCUT2D eigenvalue weighted by molar-refractivity contribution is 0.0933. The van der Waals surface area contributed by atoms with Gasteiger partial charge in [-0.15, -0.1) is 0 Å². The number of aryl methyl sites for hydroxylation is 1. The van der Waals surface area contributed by atoms with Crippen LogP contribution in [0.1, 0.15) is 12.0 Å². The van der Waals surface area contributed by atoms with E-state index in [2.05, 4.69) is 20.8 Å². The molecule has 22 heavy (non-hydrogen) atoms. The monoisotopic (exact) mass is 388 g/mol. The van der Waals surface area contributed by atoms with E-state index in [4.69, 9.17) is 16.3 Å². The van der Waals surface area contributed by atoms with E-state index in [0.717, 1.165) is 29.5 Å². The number of anilines is 1. The van der Waals surface area contributed by atoms with Gasteiger partial charge in [-0.3, -0.25) is 0 Å². The first kappa shape index (κ1) is 15.9. The molecule has 0 radical (unpaired) electrons. The number of hydrogen-bond acceptors (Lipinski definition) is 3. The van der Waals surface area contributed by atoms with Crippen LogP contribution in [0.5, 0.6) is 0 Å². The molecule has 7 heteroatoms. The number of methoxy groups -OCH3 is 1. The number of nitrogens with zero attached hydrogens (tertiary/aromatic N) is 2. The number of fused-ring (bicyclic) bond motifs is 1. The molecular weight excluding hydrogens is 372 g/mol. The van der Waals surface area contributed by atoms with Crippen LogP contribution in [0.15, 0.2) is 16.6 Å². The predicted molar refractivity (Wildman–Crippen MR) is 89.0 cm³/mol. The first-order chi connectivity index (χ1) is 10.5. The van der Waals surface area contributed by atoms with Crippen molar-refractivity contribution in [2.45, 2.75) is 25.0 Å². The minimum atomic E-state index is -0.892. The zero-order valence-electron chi connectivity index (χ0n) is 12.3. The number of rotatable bonds is 2. The van der Waals surface area contributed by atoms with Gasteiger partial charge in [0.1, 0.15) is 0 Å². The van der Waals surface area contributed by atoms with Gasteiger partial charge in [0.2, 0.25) is 0 Å². The molecule has 0 saturated carbocycles. The molecule has 3 rings (SSSR count). The number of amides is 1. The average Bonchev–Trinajstić information content (AvgIpc) is 2.90. The highest BCUT2D eigenvalue weighted by atomic mass is 79.9. The van der Waals surface area contributed by atoms with Crippen LogP contribution in [-0.2, 0) is 11.2 Å². The summed E-state index contributed by atoms with van der Waals surface area (Å²) in [5, 5.41) is 9.97. The van der Waals surface area contributed by atoms with Gasteiger partial charge >= 0.3 is 6.09 Å². The highest BCUT2D eigenvalue weighted by molar-refractivity contribution is 9.10. The Hall–Kier alpha value is -0.980. The molecule has 0 bridgehead atoms. The number of carbonyl (C=O) groups is 1. The van der Waals surface area contributed by atoms with Gasteiger partial charge in [-0.25, -0.2) is 4.79 Å². The van der Waals surface area contributed by atoms with E-state index in [9.17, 15) is 9.90 Å². The van der Waals surface area contributed by atoms with E-state index < -0.39 is 6.09 Å². The van der Waals surface area contributed by atoms with E-state index in [-0.39, 0.29) is 12.1 Å². The first-order valence-corrected chi connectivity index (χ1v) is 8.43. The second-order valence-corrected chi connectivity index (χ2v) is 7.01. The molecule has 5 nitrogen and oxygen atoms in total. The molecule has 2 atom stereocenters. The van der Waals surface area contributed by atoms with Crippen molar-refractivity contribution in [3.05, 3.63) is 27.2 Å². The van der Waals surface area contributed by atoms with Gasteiger partial charge in [0.15, 0.2) is 0 Å². The minimum Gasteiger partial charge on any atom is -0.465 e. The Morgan fingerprint density at radius 2 is 2.23 bits per heavy atom. The lowest BCUT2D eigenvalue weighted by Crippen LogP contribution is -2.47. The second-order valence-electron chi connectivity index (χ2n) is 5.72. The summed E-state index contributed by atoms with van der Waals surface area (Å²) in [5.41, 5.74) is 2.32. The van der Waals surface area contributed by atoms with Crippen LogP contribution in [0.4, 0.5) is 10.5 Å². The summed E-state index contributed by atoms with van der Waals surface area (Å²) in [7, 11) is 1.64. The number of benzene rings is 1. The smallest absolute Gasteiger partial charge is 0.407 e. The Labute approximate surface area is 142 Å². The lowest BCUT2D eigenvalue weighted by atomic mass is 9.99. The molecule has 120 valence electrons. The average molecular weight is 390 g/mol. The molecule has 1 aromatic carbocycles. The normalized spacial score (nSPS) is 24.5. The molecule has 2 aliphatic heterocycles. The maximum atomic E-state index is 11.3. The Bertz CT molecular complexity index is 598. The third kappa shape index (κ3) is 2.79. The van der Waals surface area contributed by atoms with Crippen molar-refractivity contribution in [2.24, 2.45) is 0 Å². The Morgan fingerprint density at radius 1 is 1.45 bits per heavy atom. The third-order valence-electron chi connectivity index (χ3n) is 4.45. The summed E-state index contributed by atoms with van der Waals surface area (Å²) in [5.74, 6) is 0. The van der Waals surface area contributed by atoms with Gasteiger partial charge in [-0.2, -0.15) is 0 Å². The number of ether oxygens (including phenoxy) is 1. The molecule has 1 amide bonds. The SMILES string of the molecule is COC1CN(C(=O)O)CC1N1CCCc2cc(Cl)cc(Br)c21. The number of likely N-dealkylation sites (tertiary alicyclic amines) is 1. The van der Waals surface area contributed by atoms with Gasteiger partial charge in [-0.1, -0.05) is 11.6 Å². The van der Waals surface area contributed by atoms with Gasteiger partial charge in [-0.05, 0) is 46.5 Å². The van der Waals surface area contributed by atoms with Gasteiger partial charge < -0.3 is 19.6 Å². The van der Waals surface area contributed by atoms with Gasteiger partial charge in [0, 0.05) is 29.7 Å². The van der Waals surface area contributed by atoms with Crippen molar-refractivity contribution >= 4 is 39.3 Å². The van der Waals surface area contributed by atoms with Crippen LogP contribution >= 0.6 is 27.5 Å². The van der Waals surface area contributed by atoms with Crippen molar-refractivity contribution in [2.75, 3.05) is 31.6 Å². The molecule has 1 saturated heterocycles. The summed E-state index contributed by atoms with van der Waals surface area (Å²) in [6.07, 6.45) is 0.999. The van der Waals surface area contributed by atoms with E-state index in [0.29, 0.717) is 18.1 Å². The Balaban J connectivity index is 1.95.